The summed E-state index contributed by atoms with van der Waals surface area (Å²) in [5, 5.41) is 0. The Kier molecular flexibility index (Phi) is 5.52. The number of rotatable bonds is 5. The first-order valence-corrected chi connectivity index (χ1v) is 9.16. The van der Waals surface area contributed by atoms with E-state index in [0.29, 0.717) is 0 Å². The number of piperazine rings is 1. The zero-order valence-electron chi connectivity index (χ0n) is 12.8. The lowest BCUT2D eigenvalue weighted by Crippen LogP contribution is -2.45. The van der Waals surface area contributed by atoms with Crippen LogP contribution in [0.5, 0.6) is 5.75 Å². The third-order valence-corrected chi connectivity index (χ3v) is 5.65. The summed E-state index contributed by atoms with van der Waals surface area (Å²) in [5.41, 5.74) is 1.36. The fraction of sp³-hybridized carbons (Fsp3) is 0.412. The first-order valence-electron chi connectivity index (χ1n) is 7.55. The van der Waals surface area contributed by atoms with Crippen LogP contribution in [0.15, 0.2) is 40.2 Å². The molecule has 3 rings (SSSR count). The average molecular weight is 381 g/mol. The zero-order chi connectivity index (χ0) is 15.4. The smallest absolute Gasteiger partial charge is 0.118 e. The van der Waals surface area contributed by atoms with Crippen LogP contribution in [-0.4, -0.2) is 43.1 Å². The number of hydrogen-bond donors (Lipinski definition) is 0. The molecule has 1 aromatic carbocycles. The Balaban J connectivity index is 1.46. The molecule has 2 heterocycles. The van der Waals surface area contributed by atoms with Gasteiger partial charge in [-0.05, 0) is 45.8 Å². The van der Waals surface area contributed by atoms with E-state index < -0.39 is 0 Å². The van der Waals surface area contributed by atoms with E-state index >= 15 is 0 Å². The number of halogens is 1. The largest absolute Gasteiger partial charge is 0.497 e. The molecule has 1 aliphatic heterocycles. The van der Waals surface area contributed by atoms with Gasteiger partial charge in [0.25, 0.3) is 0 Å². The predicted molar refractivity (Wildman–Crippen MR) is 95.6 cm³/mol. The second-order valence-electron chi connectivity index (χ2n) is 5.61. The molecule has 0 N–H and O–H groups in total. The van der Waals surface area contributed by atoms with Crippen molar-refractivity contribution in [3.8, 4) is 5.75 Å². The SMILES string of the molecule is COc1ccc(CN2CCN(Cc3ccc(Br)s3)CC2)cc1. The Hall–Kier alpha value is -0.880. The maximum Gasteiger partial charge on any atom is 0.118 e. The number of benzene rings is 1. The van der Waals surface area contributed by atoms with E-state index in [1.165, 1.54) is 14.2 Å². The number of hydrogen-bond acceptors (Lipinski definition) is 4. The summed E-state index contributed by atoms with van der Waals surface area (Å²) in [7, 11) is 1.71. The summed E-state index contributed by atoms with van der Waals surface area (Å²) in [5.74, 6) is 0.927. The minimum absolute atomic E-state index is 0.927. The van der Waals surface area contributed by atoms with Crippen molar-refractivity contribution in [2.24, 2.45) is 0 Å². The molecule has 3 nitrogen and oxygen atoms in total. The summed E-state index contributed by atoms with van der Waals surface area (Å²) in [6.45, 7) is 6.67. The van der Waals surface area contributed by atoms with Gasteiger partial charge in [-0.1, -0.05) is 12.1 Å². The molecule has 0 atom stereocenters. The van der Waals surface area contributed by atoms with E-state index in [0.717, 1.165) is 45.0 Å². The molecule has 1 aromatic heterocycles. The molecule has 0 radical (unpaired) electrons. The van der Waals surface area contributed by atoms with E-state index in [2.05, 4.69) is 50.0 Å². The van der Waals surface area contributed by atoms with Crippen molar-refractivity contribution in [2.45, 2.75) is 13.1 Å². The lowest BCUT2D eigenvalue weighted by Gasteiger charge is -2.34. The molecule has 5 heteroatoms. The monoisotopic (exact) mass is 380 g/mol. The Morgan fingerprint density at radius 2 is 1.59 bits per heavy atom. The van der Waals surface area contributed by atoms with Crippen LogP contribution in [0.1, 0.15) is 10.4 Å². The van der Waals surface area contributed by atoms with Gasteiger partial charge in [-0.15, -0.1) is 11.3 Å². The standard InChI is InChI=1S/C17H21BrN2OS/c1-21-15-4-2-14(3-5-15)12-19-8-10-20(11-9-19)13-16-6-7-17(18)22-16/h2-7H,8-13H2,1H3. The quantitative estimate of drug-likeness (QED) is 0.783. The molecule has 0 bridgehead atoms. The van der Waals surface area contributed by atoms with Gasteiger partial charge in [-0.3, -0.25) is 9.80 Å². The molecule has 1 saturated heterocycles. The van der Waals surface area contributed by atoms with Crippen molar-refractivity contribution in [2.75, 3.05) is 33.3 Å². The lowest BCUT2D eigenvalue weighted by atomic mass is 10.2. The molecule has 22 heavy (non-hydrogen) atoms. The number of methoxy groups -OCH3 is 1. The van der Waals surface area contributed by atoms with E-state index in [1.807, 2.05) is 23.5 Å². The van der Waals surface area contributed by atoms with E-state index in [9.17, 15) is 0 Å². The van der Waals surface area contributed by atoms with Crippen molar-refractivity contribution in [3.63, 3.8) is 0 Å². The highest BCUT2D eigenvalue weighted by Crippen LogP contribution is 2.23. The highest BCUT2D eigenvalue weighted by atomic mass is 79.9. The molecule has 1 fully saturated rings. The third-order valence-electron chi connectivity index (χ3n) is 4.04. The topological polar surface area (TPSA) is 15.7 Å². The molecule has 1 aliphatic rings. The molecule has 0 spiro atoms. The van der Waals surface area contributed by atoms with E-state index in [1.54, 1.807) is 7.11 Å². The van der Waals surface area contributed by atoms with Crippen molar-refractivity contribution in [1.29, 1.82) is 0 Å². The summed E-state index contributed by atoms with van der Waals surface area (Å²) in [4.78, 5) is 6.52. The van der Waals surface area contributed by atoms with Crippen LogP contribution >= 0.6 is 27.3 Å². The maximum atomic E-state index is 5.21. The zero-order valence-corrected chi connectivity index (χ0v) is 15.2. The highest BCUT2D eigenvalue weighted by molar-refractivity contribution is 9.11. The predicted octanol–water partition coefficient (Wildman–Crippen LogP) is 3.84. The molecule has 0 saturated carbocycles. The molecule has 2 aromatic rings. The fourth-order valence-corrected chi connectivity index (χ4v) is 4.28. The summed E-state index contributed by atoms with van der Waals surface area (Å²) >= 11 is 5.37. The van der Waals surface area contributed by atoms with Gasteiger partial charge in [0, 0.05) is 44.1 Å². The normalized spacial score (nSPS) is 16.8. The van der Waals surface area contributed by atoms with E-state index in [4.69, 9.17) is 4.74 Å². The van der Waals surface area contributed by atoms with Crippen LogP contribution in [0.2, 0.25) is 0 Å². The summed E-state index contributed by atoms with van der Waals surface area (Å²) in [6, 6.07) is 12.8. The van der Waals surface area contributed by atoms with Gasteiger partial charge in [0.05, 0.1) is 10.9 Å². The molecule has 0 amide bonds. The minimum atomic E-state index is 0.927. The fourth-order valence-electron chi connectivity index (χ4n) is 2.75. The Bertz CT molecular complexity index is 591. The first-order chi connectivity index (χ1) is 10.7. The van der Waals surface area contributed by atoms with Gasteiger partial charge in [0.2, 0.25) is 0 Å². The van der Waals surface area contributed by atoms with Crippen LogP contribution in [0, 0.1) is 0 Å². The van der Waals surface area contributed by atoms with E-state index in [-0.39, 0.29) is 0 Å². The van der Waals surface area contributed by atoms with Crippen LogP contribution in [-0.2, 0) is 13.1 Å². The molecule has 118 valence electrons. The molecular weight excluding hydrogens is 360 g/mol. The second kappa shape index (κ2) is 7.59. The van der Waals surface area contributed by atoms with Crippen LogP contribution in [0.4, 0.5) is 0 Å². The van der Waals surface area contributed by atoms with Gasteiger partial charge >= 0.3 is 0 Å². The van der Waals surface area contributed by atoms with Gasteiger partial charge in [-0.25, -0.2) is 0 Å². The highest BCUT2D eigenvalue weighted by Gasteiger charge is 2.17. The van der Waals surface area contributed by atoms with Crippen molar-refractivity contribution in [3.05, 3.63) is 50.6 Å². The minimum Gasteiger partial charge on any atom is -0.497 e. The Morgan fingerprint density at radius 1 is 0.955 bits per heavy atom. The molecule has 0 unspecified atom stereocenters. The van der Waals surface area contributed by atoms with Crippen LogP contribution in [0.25, 0.3) is 0 Å². The van der Waals surface area contributed by atoms with Crippen LogP contribution < -0.4 is 4.74 Å². The van der Waals surface area contributed by atoms with Crippen molar-refractivity contribution < 1.29 is 4.74 Å². The number of thiophene rings is 1. The average Bonchev–Trinajstić information content (AvgIpc) is 2.95. The Morgan fingerprint density at radius 3 is 2.14 bits per heavy atom. The first kappa shape index (κ1) is 16.0. The lowest BCUT2D eigenvalue weighted by molar-refractivity contribution is 0.123. The van der Waals surface area contributed by atoms with Crippen molar-refractivity contribution in [1.82, 2.24) is 9.80 Å². The maximum absolute atomic E-state index is 5.21. The van der Waals surface area contributed by atoms with Gasteiger partial charge < -0.3 is 4.74 Å². The summed E-state index contributed by atoms with van der Waals surface area (Å²) < 4.78 is 6.43. The van der Waals surface area contributed by atoms with Gasteiger partial charge in [-0.2, -0.15) is 0 Å². The second-order valence-corrected chi connectivity index (χ2v) is 8.15. The third kappa shape index (κ3) is 4.32. The number of nitrogens with zero attached hydrogens (tertiary/aromatic N) is 2. The molecular formula is C17H21BrN2OS. The Labute approximate surface area is 144 Å². The van der Waals surface area contributed by atoms with Crippen molar-refractivity contribution >= 4 is 27.3 Å². The van der Waals surface area contributed by atoms with Crippen LogP contribution in [0.3, 0.4) is 0 Å². The van der Waals surface area contributed by atoms with Gasteiger partial charge in [0.15, 0.2) is 0 Å². The summed E-state index contributed by atoms with van der Waals surface area (Å²) in [6.07, 6.45) is 0. The number of ether oxygens (including phenoxy) is 1. The van der Waals surface area contributed by atoms with Gasteiger partial charge in [0.1, 0.15) is 5.75 Å². The molecule has 0 aliphatic carbocycles.